The van der Waals surface area contributed by atoms with Gasteiger partial charge in [0.2, 0.25) is 0 Å². The van der Waals surface area contributed by atoms with Crippen LogP contribution in [0.25, 0.3) is 0 Å². The molecular formula is C20H21Br2N3O4. The molecule has 9 heteroatoms. The van der Waals surface area contributed by atoms with E-state index in [4.69, 9.17) is 9.47 Å². The van der Waals surface area contributed by atoms with Crippen molar-refractivity contribution in [2.24, 2.45) is 10.3 Å². The summed E-state index contributed by atoms with van der Waals surface area (Å²) in [6, 6.07) is 10.1. The Bertz CT molecular complexity index is 891. The average Bonchev–Trinajstić information content (AvgIpc) is 2.68. The Balaban J connectivity index is 2.21. The highest BCUT2D eigenvalue weighted by molar-refractivity contribution is 9.11. The number of hydrogen-bond acceptors (Lipinski definition) is 6. The molecule has 0 aliphatic heterocycles. The normalized spacial score (nSPS) is 11.9. The van der Waals surface area contributed by atoms with Crippen LogP contribution >= 0.6 is 31.9 Å². The van der Waals surface area contributed by atoms with E-state index in [-0.39, 0.29) is 12.4 Å². The van der Waals surface area contributed by atoms with Crippen LogP contribution in [-0.4, -0.2) is 43.6 Å². The summed E-state index contributed by atoms with van der Waals surface area (Å²) >= 11 is 6.82. The van der Waals surface area contributed by atoms with Gasteiger partial charge in [-0.15, -0.1) is 5.11 Å². The minimum Gasteiger partial charge on any atom is -0.477 e. The maximum Gasteiger partial charge on any atom is 0.347 e. The molecule has 1 unspecified atom stereocenters. The SMILES string of the molecule is CCOC(=O)C(C)Oc1c(Br)cc(C(=O)c2ccc(N=NN(C)C)cc2)cc1Br. The van der Waals surface area contributed by atoms with E-state index in [2.05, 4.69) is 42.2 Å². The van der Waals surface area contributed by atoms with Crippen molar-refractivity contribution in [2.45, 2.75) is 20.0 Å². The Kier molecular flexibility index (Phi) is 8.33. The largest absolute Gasteiger partial charge is 0.477 e. The highest BCUT2D eigenvalue weighted by Crippen LogP contribution is 2.36. The fraction of sp³-hybridized carbons (Fsp3) is 0.300. The molecule has 0 heterocycles. The second kappa shape index (κ2) is 10.5. The molecule has 2 rings (SSSR count). The number of benzene rings is 2. The van der Waals surface area contributed by atoms with Crippen LogP contribution in [0.1, 0.15) is 29.8 Å². The van der Waals surface area contributed by atoms with E-state index in [9.17, 15) is 9.59 Å². The highest BCUT2D eigenvalue weighted by atomic mass is 79.9. The molecule has 0 aromatic heterocycles. The molecule has 0 radical (unpaired) electrons. The smallest absolute Gasteiger partial charge is 0.347 e. The van der Waals surface area contributed by atoms with Gasteiger partial charge in [-0.1, -0.05) is 5.22 Å². The quantitative estimate of drug-likeness (QED) is 0.201. The summed E-state index contributed by atoms with van der Waals surface area (Å²) in [5.41, 5.74) is 1.62. The average molecular weight is 527 g/mol. The van der Waals surface area contributed by atoms with Crippen molar-refractivity contribution in [3.8, 4) is 5.75 Å². The molecule has 0 saturated carbocycles. The minimum absolute atomic E-state index is 0.160. The molecule has 29 heavy (non-hydrogen) atoms. The number of rotatable bonds is 8. The van der Waals surface area contributed by atoms with E-state index in [1.165, 1.54) is 0 Å². The number of nitrogens with zero attached hydrogens (tertiary/aromatic N) is 3. The molecular weight excluding hydrogens is 506 g/mol. The predicted octanol–water partition coefficient (Wildman–Crippen LogP) is 5.33. The van der Waals surface area contributed by atoms with Crippen LogP contribution < -0.4 is 4.74 Å². The summed E-state index contributed by atoms with van der Waals surface area (Å²) < 4.78 is 11.7. The van der Waals surface area contributed by atoms with E-state index in [1.807, 2.05) is 0 Å². The first-order chi connectivity index (χ1) is 13.7. The van der Waals surface area contributed by atoms with Crippen LogP contribution in [0.4, 0.5) is 5.69 Å². The number of ketones is 1. The molecule has 0 saturated heterocycles. The third-order valence-electron chi connectivity index (χ3n) is 3.64. The van der Waals surface area contributed by atoms with Crippen molar-refractivity contribution in [2.75, 3.05) is 20.7 Å². The van der Waals surface area contributed by atoms with Crippen molar-refractivity contribution >= 4 is 49.3 Å². The minimum atomic E-state index is -0.784. The van der Waals surface area contributed by atoms with E-state index < -0.39 is 12.1 Å². The van der Waals surface area contributed by atoms with Gasteiger partial charge in [-0.25, -0.2) is 4.79 Å². The fourth-order valence-electron chi connectivity index (χ4n) is 2.28. The molecule has 154 valence electrons. The first-order valence-electron chi connectivity index (χ1n) is 8.79. The second-order valence-electron chi connectivity index (χ2n) is 6.19. The lowest BCUT2D eigenvalue weighted by atomic mass is 10.0. The van der Waals surface area contributed by atoms with Gasteiger partial charge in [0.15, 0.2) is 11.9 Å². The zero-order valence-electron chi connectivity index (χ0n) is 16.5. The molecule has 0 N–H and O–H groups in total. The maximum atomic E-state index is 12.8. The van der Waals surface area contributed by atoms with Crippen molar-refractivity contribution in [3.63, 3.8) is 0 Å². The Hall–Kier alpha value is -2.26. The summed E-state index contributed by atoms with van der Waals surface area (Å²) in [6.45, 7) is 3.61. The van der Waals surface area contributed by atoms with Gasteiger partial charge in [0, 0.05) is 25.2 Å². The third kappa shape index (κ3) is 6.37. The Labute approximate surface area is 186 Å². The monoisotopic (exact) mass is 525 g/mol. The summed E-state index contributed by atoms with van der Waals surface area (Å²) in [7, 11) is 3.55. The van der Waals surface area contributed by atoms with Gasteiger partial charge < -0.3 is 9.47 Å². The number of esters is 1. The van der Waals surface area contributed by atoms with Gasteiger partial charge in [-0.3, -0.25) is 9.80 Å². The summed E-state index contributed by atoms with van der Waals surface area (Å²) in [6.07, 6.45) is -0.784. The van der Waals surface area contributed by atoms with Gasteiger partial charge >= 0.3 is 5.97 Å². The lowest BCUT2D eigenvalue weighted by molar-refractivity contribution is -0.150. The summed E-state index contributed by atoms with van der Waals surface area (Å²) in [5, 5.41) is 9.55. The molecule has 2 aromatic rings. The first-order valence-corrected chi connectivity index (χ1v) is 10.4. The highest BCUT2D eigenvalue weighted by Gasteiger charge is 2.21. The molecule has 0 aliphatic rings. The number of carbonyl (C=O) groups excluding carboxylic acids is 2. The van der Waals surface area contributed by atoms with Crippen molar-refractivity contribution in [1.82, 2.24) is 5.01 Å². The molecule has 2 aromatic carbocycles. The van der Waals surface area contributed by atoms with Crippen LogP contribution in [-0.2, 0) is 9.53 Å². The zero-order valence-corrected chi connectivity index (χ0v) is 19.7. The van der Waals surface area contributed by atoms with Gasteiger partial charge in [0.1, 0.15) is 5.75 Å². The number of ether oxygens (including phenoxy) is 2. The molecule has 0 fully saturated rings. The van der Waals surface area contributed by atoms with E-state index in [1.54, 1.807) is 69.3 Å². The lowest BCUT2D eigenvalue weighted by Gasteiger charge is -2.16. The molecule has 1 atom stereocenters. The fourth-order valence-corrected chi connectivity index (χ4v) is 3.65. The Morgan fingerprint density at radius 1 is 1.07 bits per heavy atom. The molecule has 0 bridgehead atoms. The summed E-state index contributed by atoms with van der Waals surface area (Å²) in [4.78, 5) is 24.6. The topological polar surface area (TPSA) is 80.6 Å². The molecule has 0 aliphatic carbocycles. The molecule has 7 nitrogen and oxygen atoms in total. The molecule has 0 amide bonds. The predicted molar refractivity (Wildman–Crippen MR) is 117 cm³/mol. The standard InChI is InChI=1S/C20H21Br2N3O4/c1-5-28-20(27)12(2)29-19-16(21)10-14(11-17(19)22)18(26)13-6-8-15(9-7-13)23-24-25(3)4/h6-12H,5H2,1-4H3. The number of halogens is 2. The zero-order chi connectivity index (χ0) is 21.6. The van der Waals surface area contributed by atoms with Crippen molar-refractivity contribution in [3.05, 3.63) is 56.5 Å². The second-order valence-corrected chi connectivity index (χ2v) is 7.90. The number of carbonyl (C=O) groups is 2. The van der Waals surface area contributed by atoms with Gasteiger partial charge in [-0.2, -0.15) is 0 Å². The van der Waals surface area contributed by atoms with E-state index >= 15 is 0 Å². The first kappa shape index (κ1) is 23.0. The number of hydrogen-bond donors (Lipinski definition) is 0. The molecule has 0 spiro atoms. The third-order valence-corrected chi connectivity index (χ3v) is 4.82. The van der Waals surface area contributed by atoms with Gasteiger partial charge in [0.25, 0.3) is 0 Å². The van der Waals surface area contributed by atoms with Gasteiger partial charge in [-0.05, 0) is 82.1 Å². The van der Waals surface area contributed by atoms with Crippen LogP contribution in [0.2, 0.25) is 0 Å². The Morgan fingerprint density at radius 3 is 2.17 bits per heavy atom. The van der Waals surface area contributed by atoms with Crippen molar-refractivity contribution < 1.29 is 19.1 Å². The maximum absolute atomic E-state index is 12.8. The van der Waals surface area contributed by atoms with E-state index in [0.29, 0.717) is 31.5 Å². The van der Waals surface area contributed by atoms with Crippen LogP contribution in [0.5, 0.6) is 5.75 Å². The van der Waals surface area contributed by atoms with Crippen LogP contribution in [0, 0.1) is 0 Å². The van der Waals surface area contributed by atoms with Crippen LogP contribution in [0.3, 0.4) is 0 Å². The van der Waals surface area contributed by atoms with Gasteiger partial charge in [0.05, 0.1) is 21.2 Å². The Morgan fingerprint density at radius 2 is 1.66 bits per heavy atom. The lowest BCUT2D eigenvalue weighted by Crippen LogP contribution is -2.26. The summed E-state index contributed by atoms with van der Waals surface area (Å²) in [5.74, 6) is -0.202. The van der Waals surface area contributed by atoms with Crippen molar-refractivity contribution in [1.29, 1.82) is 0 Å². The van der Waals surface area contributed by atoms with Crippen LogP contribution in [0.15, 0.2) is 55.7 Å². The van der Waals surface area contributed by atoms with E-state index in [0.717, 1.165) is 0 Å².